The van der Waals surface area contributed by atoms with Crippen LogP contribution in [0.3, 0.4) is 0 Å². The third kappa shape index (κ3) is 8.99. The van der Waals surface area contributed by atoms with Crippen molar-refractivity contribution in [3.05, 3.63) is 96.1 Å². The van der Waals surface area contributed by atoms with E-state index in [-0.39, 0.29) is 37.5 Å². The summed E-state index contributed by atoms with van der Waals surface area (Å²) in [6.07, 6.45) is 11.6. The van der Waals surface area contributed by atoms with Crippen molar-refractivity contribution in [1.82, 2.24) is 10.6 Å². The maximum Gasteiger partial charge on any atom is 0.407 e. The highest BCUT2D eigenvalue weighted by molar-refractivity contribution is 8.77. The lowest BCUT2D eigenvalue weighted by molar-refractivity contribution is 0.136. The van der Waals surface area contributed by atoms with Crippen molar-refractivity contribution >= 4 is 33.8 Å². The fraction of sp³-hybridized carbons (Fsp3) is 0.357. The zero-order valence-corrected chi connectivity index (χ0v) is 21.7. The predicted molar refractivity (Wildman–Crippen MR) is 147 cm³/mol. The largest absolute Gasteiger partial charge is 0.445 e. The minimum atomic E-state index is -0.381. The van der Waals surface area contributed by atoms with Gasteiger partial charge in [-0.1, -0.05) is 107 Å². The molecule has 2 aromatic carbocycles. The predicted octanol–water partition coefficient (Wildman–Crippen LogP) is 6.40. The summed E-state index contributed by atoms with van der Waals surface area (Å²) in [5.74, 6) is 0. The van der Waals surface area contributed by atoms with Gasteiger partial charge in [-0.2, -0.15) is 0 Å². The Kier molecular flexibility index (Phi) is 10.2. The Balaban J connectivity index is 1.09. The molecule has 0 spiro atoms. The summed E-state index contributed by atoms with van der Waals surface area (Å²) >= 11 is 0. The zero-order valence-electron chi connectivity index (χ0n) is 20.1. The van der Waals surface area contributed by atoms with E-state index in [1.54, 1.807) is 0 Å². The molecule has 0 fully saturated rings. The molecule has 0 heterocycles. The second-order valence-electron chi connectivity index (χ2n) is 8.82. The lowest BCUT2D eigenvalue weighted by Crippen LogP contribution is -2.36. The molecule has 2 N–H and O–H groups in total. The molecule has 0 aromatic heterocycles. The standard InChI is InChI=1S/C28H32N2O4S2/c31-27(33-19-21-7-3-1-4-8-21)29-23-11-15-25(16-12-23)35-36-26-17-13-24(14-18-26)30-28(32)34-20-22-9-5-2-6-10-22/h1-11,13,15,17,23-26H,12,14,16,18-20H2,(H,29,31)(H,30,32)/t23-,24-,25+,26+/m1/s1. The van der Waals surface area contributed by atoms with Crippen LogP contribution in [0.25, 0.3) is 0 Å². The maximum atomic E-state index is 12.1. The van der Waals surface area contributed by atoms with Gasteiger partial charge >= 0.3 is 12.2 Å². The SMILES string of the molecule is O=C(N[C@@H]1C=C[C@H](SS[C@H]2C=C[C@@H](NC(=O)OCc3ccccc3)CC2)CC1)OCc1ccccc1. The molecule has 0 saturated heterocycles. The number of amides is 2. The number of hydrogen-bond acceptors (Lipinski definition) is 6. The molecule has 0 saturated carbocycles. The normalized spacial score (nSPS) is 23.0. The van der Waals surface area contributed by atoms with Crippen molar-refractivity contribution in [2.75, 3.05) is 0 Å². The van der Waals surface area contributed by atoms with Crippen LogP contribution in [-0.2, 0) is 22.7 Å². The van der Waals surface area contributed by atoms with Crippen LogP contribution in [0.2, 0.25) is 0 Å². The van der Waals surface area contributed by atoms with Gasteiger partial charge < -0.3 is 20.1 Å². The first kappa shape index (κ1) is 26.2. The third-order valence-corrected chi connectivity index (χ3v) is 9.18. The fourth-order valence-electron chi connectivity index (χ4n) is 3.96. The molecule has 2 aromatic rings. The lowest BCUT2D eigenvalue weighted by Gasteiger charge is -2.26. The Bertz CT molecular complexity index is 949. The molecule has 0 bridgehead atoms. The van der Waals surface area contributed by atoms with E-state index in [9.17, 15) is 9.59 Å². The highest BCUT2D eigenvalue weighted by atomic mass is 33.1. The minimum Gasteiger partial charge on any atom is -0.445 e. The highest BCUT2D eigenvalue weighted by Crippen LogP contribution is 2.39. The van der Waals surface area contributed by atoms with Crippen molar-refractivity contribution < 1.29 is 19.1 Å². The first-order valence-electron chi connectivity index (χ1n) is 12.3. The molecule has 0 aliphatic heterocycles. The van der Waals surface area contributed by atoms with Gasteiger partial charge in [0.15, 0.2) is 0 Å². The van der Waals surface area contributed by atoms with Crippen LogP contribution in [0.1, 0.15) is 36.8 Å². The summed E-state index contributed by atoms with van der Waals surface area (Å²) in [5.41, 5.74) is 1.95. The van der Waals surface area contributed by atoms with Crippen LogP contribution in [0.15, 0.2) is 85.0 Å². The number of nitrogens with one attached hydrogen (secondary N) is 2. The molecule has 8 heteroatoms. The van der Waals surface area contributed by atoms with E-state index in [0.717, 1.165) is 36.8 Å². The molecule has 2 aliphatic carbocycles. The van der Waals surface area contributed by atoms with E-state index in [1.807, 2.05) is 82.3 Å². The number of rotatable bonds is 9. The first-order valence-corrected chi connectivity index (χ1v) is 14.5. The summed E-state index contributed by atoms with van der Waals surface area (Å²) in [6.45, 7) is 0.552. The Morgan fingerprint density at radius 1 is 0.639 bits per heavy atom. The first-order chi connectivity index (χ1) is 17.6. The van der Waals surface area contributed by atoms with Gasteiger partial charge in [-0.15, -0.1) is 0 Å². The van der Waals surface area contributed by atoms with Crippen LogP contribution in [0, 0.1) is 0 Å². The number of hydrogen-bond donors (Lipinski definition) is 2. The Labute approximate surface area is 220 Å². The second-order valence-corrected chi connectivity index (χ2v) is 11.6. The summed E-state index contributed by atoms with van der Waals surface area (Å²) in [5, 5.41) is 6.71. The van der Waals surface area contributed by atoms with Gasteiger partial charge in [0.1, 0.15) is 13.2 Å². The molecular weight excluding hydrogens is 492 g/mol. The van der Waals surface area contributed by atoms with Crippen LogP contribution in [0.4, 0.5) is 9.59 Å². The van der Waals surface area contributed by atoms with Crippen molar-refractivity contribution in [2.24, 2.45) is 0 Å². The number of benzene rings is 2. The molecule has 4 atom stereocenters. The number of ether oxygens (including phenoxy) is 2. The van der Waals surface area contributed by atoms with Gasteiger partial charge in [-0.05, 0) is 36.8 Å². The fourth-order valence-corrected chi connectivity index (χ4v) is 6.84. The van der Waals surface area contributed by atoms with Gasteiger partial charge in [0, 0.05) is 10.5 Å². The van der Waals surface area contributed by atoms with Crippen molar-refractivity contribution in [3.8, 4) is 0 Å². The van der Waals surface area contributed by atoms with E-state index in [2.05, 4.69) is 34.9 Å². The van der Waals surface area contributed by atoms with E-state index in [0.29, 0.717) is 10.5 Å². The Morgan fingerprint density at radius 2 is 1.06 bits per heavy atom. The molecule has 4 rings (SSSR count). The smallest absolute Gasteiger partial charge is 0.407 e. The highest BCUT2D eigenvalue weighted by Gasteiger charge is 2.22. The van der Waals surface area contributed by atoms with Gasteiger partial charge in [0.05, 0.1) is 12.1 Å². The second kappa shape index (κ2) is 14.0. The van der Waals surface area contributed by atoms with E-state index in [4.69, 9.17) is 9.47 Å². The molecule has 36 heavy (non-hydrogen) atoms. The minimum absolute atomic E-state index is 0.0122. The average molecular weight is 525 g/mol. The van der Waals surface area contributed by atoms with Crippen LogP contribution in [0.5, 0.6) is 0 Å². The summed E-state index contributed by atoms with van der Waals surface area (Å²) in [4.78, 5) is 24.2. The van der Waals surface area contributed by atoms with Crippen molar-refractivity contribution in [3.63, 3.8) is 0 Å². The third-order valence-electron chi connectivity index (χ3n) is 5.98. The summed E-state index contributed by atoms with van der Waals surface area (Å²) in [7, 11) is 3.75. The molecular formula is C28H32N2O4S2. The molecule has 2 aliphatic rings. The number of carbonyl (C=O) groups excluding carboxylic acids is 2. The maximum absolute atomic E-state index is 12.1. The van der Waals surface area contributed by atoms with Gasteiger partial charge in [-0.3, -0.25) is 0 Å². The van der Waals surface area contributed by atoms with Gasteiger partial charge in [0.25, 0.3) is 0 Å². The monoisotopic (exact) mass is 524 g/mol. The number of carbonyl (C=O) groups is 2. The summed E-state index contributed by atoms with van der Waals surface area (Å²) < 4.78 is 10.6. The quantitative estimate of drug-likeness (QED) is 0.292. The van der Waals surface area contributed by atoms with E-state index >= 15 is 0 Å². The molecule has 190 valence electrons. The number of alkyl carbamates (subject to hydrolysis) is 2. The summed E-state index contributed by atoms with van der Waals surface area (Å²) in [6, 6.07) is 19.4. The van der Waals surface area contributed by atoms with Crippen molar-refractivity contribution in [1.29, 1.82) is 0 Å². The van der Waals surface area contributed by atoms with Crippen LogP contribution in [-0.4, -0.2) is 34.8 Å². The average Bonchev–Trinajstić information content (AvgIpc) is 2.92. The molecule has 2 amide bonds. The Hall–Kier alpha value is -2.84. The van der Waals surface area contributed by atoms with E-state index in [1.165, 1.54) is 0 Å². The molecule has 0 unspecified atom stereocenters. The van der Waals surface area contributed by atoms with Crippen LogP contribution >= 0.6 is 21.6 Å². The Morgan fingerprint density at radius 3 is 1.42 bits per heavy atom. The topological polar surface area (TPSA) is 76.7 Å². The van der Waals surface area contributed by atoms with Gasteiger partial charge in [-0.25, -0.2) is 9.59 Å². The van der Waals surface area contributed by atoms with Gasteiger partial charge in [0.2, 0.25) is 0 Å². The van der Waals surface area contributed by atoms with Crippen LogP contribution < -0.4 is 10.6 Å². The zero-order chi connectivity index (χ0) is 25.0. The molecule has 6 nitrogen and oxygen atoms in total. The van der Waals surface area contributed by atoms with E-state index < -0.39 is 0 Å². The molecule has 0 radical (unpaired) electrons. The van der Waals surface area contributed by atoms with Crippen molar-refractivity contribution in [2.45, 2.75) is 61.5 Å². The lowest BCUT2D eigenvalue weighted by atomic mass is 10.0.